The molecule has 0 aliphatic carbocycles. The number of aliphatic carboxylic acids is 1. The van der Waals surface area contributed by atoms with Crippen molar-refractivity contribution in [2.45, 2.75) is 6.54 Å². The summed E-state index contributed by atoms with van der Waals surface area (Å²) < 4.78 is 18.4. The first-order chi connectivity index (χ1) is 10.1. The van der Waals surface area contributed by atoms with Crippen LogP contribution in [0.4, 0.5) is 4.39 Å². The smallest absolute Gasteiger partial charge is 0.328 e. The highest BCUT2D eigenvalue weighted by molar-refractivity contribution is 5.94. The average Bonchev–Trinajstić information content (AvgIpc) is 2.96. The molecule has 0 spiro atoms. The topological polar surface area (TPSA) is 92.4 Å². The zero-order valence-electron chi connectivity index (χ0n) is 10.7. The molecule has 6 nitrogen and oxygen atoms in total. The maximum atomic E-state index is 13.8. The quantitative estimate of drug-likeness (QED) is 0.820. The Balaban J connectivity index is 2.05. The van der Waals surface area contributed by atoms with Crippen LogP contribution in [0, 0.1) is 5.82 Å². The van der Waals surface area contributed by atoms with Gasteiger partial charge in [0, 0.05) is 12.1 Å². The Morgan fingerprint density at radius 1 is 1.38 bits per heavy atom. The van der Waals surface area contributed by atoms with Crippen molar-refractivity contribution in [3.8, 4) is 0 Å². The van der Waals surface area contributed by atoms with Crippen LogP contribution >= 0.6 is 0 Å². The zero-order chi connectivity index (χ0) is 15.2. The van der Waals surface area contributed by atoms with Gasteiger partial charge in [0.15, 0.2) is 0 Å². The second-order valence-corrected chi connectivity index (χ2v) is 4.08. The number of hydrogen-bond acceptors (Lipinski definition) is 4. The van der Waals surface area contributed by atoms with Gasteiger partial charge in [-0.1, -0.05) is 11.2 Å². The van der Waals surface area contributed by atoms with Gasteiger partial charge in [0.1, 0.15) is 17.8 Å². The van der Waals surface area contributed by atoms with Crippen LogP contribution in [0.1, 0.15) is 21.6 Å². The number of carboxylic acids is 1. The summed E-state index contributed by atoms with van der Waals surface area (Å²) in [4.78, 5) is 22.2. The van der Waals surface area contributed by atoms with Crippen LogP contribution in [0.3, 0.4) is 0 Å². The molecule has 0 saturated carbocycles. The van der Waals surface area contributed by atoms with Crippen molar-refractivity contribution < 1.29 is 23.6 Å². The summed E-state index contributed by atoms with van der Waals surface area (Å²) in [5.41, 5.74) is 0.735. The summed E-state index contributed by atoms with van der Waals surface area (Å²) >= 11 is 0. The maximum absolute atomic E-state index is 13.8. The lowest BCUT2D eigenvalue weighted by Gasteiger charge is -2.05. The van der Waals surface area contributed by atoms with E-state index in [9.17, 15) is 14.0 Å². The van der Waals surface area contributed by atoms with Gasteiger partial charge < -0.3 is 14.9 Å². The van der Waals surface area contributed by atoms with Gasteiger partial charge in [-0.15, -0.1) is 0 Å². The van der Waals surface area contributed by atoms with Crippen molar-refractivity contribution in [1.82, 2.24) is 10.5 Å². The summed E-state index contributed by atoms with van der Waals surface area (Å²) in [5.74, 6) is -2.46. The monoisotopic (exact) mass is 290 g/mol. The van der Waals surface area contributed by atoms with Gasteiger partial charge in [0.25, 0.3) is 5.91 Å². The van der Waals surface area contributed by atoms with Gasteiger partial charge in [-0.2, -0.15) is 0 Å². The first-order valence-electron chi connectivity index (χ1n) is 5.94. The molecule has 2 rings (SSSR count). The number of nitrogens with one attached hydrogen (secondary N) is 1. The zero-order valence-corrected chi connectivity index (χ0v) is 10.7. The van der Waals surface area contributed by atoms with E-state index in [-0.39, 0.29) is 12.1 Å². The predicted octanol–water partition coefficient (Wildman–Crippen LogP) is 1.84. The lowest BCUT2D eigenvalue weighted by molar-refractivity contribution is -0.131. The molecule has 2 aromatic rings. The van der Waals surface area contributed by atoms with Crippen LogP contribution in [0.25, 0.3) is 6.08 Å². The number of halogens is 1. The molecular formula is C14H11FN2O4. The summed E-state index contributed by atoms with van der Waals surface area (Å²) in [5, 5.41) is 14.6. The molecular weight excluding hydrogens is 279 g/mol. The summed E-state index contributed by atoms with van der Waals surface area (Å²) in [6, 6.07) is 5.41. The first-order valence-corrected chi connectivity index (χ1v) is 5.94. The fraction of sp³-hybridized carbons (Fsp3) is 0.0714. The molecule has 0 aliphatic rings. The van der Waals surface area contributed by atoms with Gasteiger partial charge in [-0.05, 0) is 23.8 Å². The highest BCUT2D eigenvalue weighted by Gasteiger charge is 2.12. The number of aromatic nitrogens is 1. The van der Waals surface area contributed by atoms with Gasteiger partial charge in [0.05, 0.1) is 12.1 Å². The minimum atomic E-state index is -1.13. The lowest BCUT2D eigenvalue weighted by Crippen LogP contribution is -2.24. The molecule has 1 heterocycles. The van der Waals surface area contributed by atoms with Crippen LogP contribution in [0.15, 0.2) is 41.1 Å². The van der Waals surface area contributed by atoms with Crippen molar-refractivity contribution in [3.05, 3.63) is 59.2 Å². The third-order valence-electron chi connectivity index (χ3n) is 2.58. The Morgan fingerprint density at radius 3 is 2.81 bits per heavy atom. The Hall–Kier alpha value is -2.96. The van der Waals surface area contributed by atoms with Crippen molar-refractivity contribution in [3.63, 3.8) is 0 Å². The second-order valence-electron chi connectivity index (χ2n) is 4.08. The van der Waals surface area contributed by atoms with Gasteiger partial charge in [-0.25, -0.2) is 9.18 Å². The van der Waals surface area contributed by atoms with Gasteiger partial charge >= 0.3 is 5.97 Å². The van der Waals surface area contributed by atoms with Crippen LogP contribution in [0.2, 0.25) is 0 Å². The standard InChI is InChI=1S/C14H11FN2O4/c15-12-7-9(2-4-13(18)19)1-3-11(12)14(20)16-8-10-5-6-21-17-10/h1-7H,8H2,(H,16,20)(H,18,19)/b4-2+. The summed E-state index contributed by atoms with van der Waals surface area (Å²) in [6.07, 6.45) is 3.49. The van der Waals surface area contributed by atoms with Crippen LogP contribution in [-0.4, -0.2) is 22.1 Å². The molecule has 0 radical (unpaired) electrons. The van der Waals surface area contributed by atoms with Crippen LogP contribution < -0.4 is 5.32 Å². The third kappa shape index (κ3) is 4.00. The van der Waals surface area contributed by atoms with E-state index < -0.39 is 17.7 Å². The van der Waals surface area contributed by atoms with E-state index in [1.807, 2.05) is 0 Å². The molecule has 7 heteroatoms. The minimum absolute atomic E-state index is 0.120. The molecule has 21 heavy (non-hydrogen) atoms. The van der Waals surface area contributed by atoms with Crippen molar-refractivity contribution in [2.24, 2.45) is 0 Å². The Morgan fingerprint density at radius 2 is 2.19 bits per heavy atom. The van der Waals surface area contributed by atoms with Crippen molar-refractivity contribution in [1.29, 1.82) is 0 Å². The molecule has 2 N–H and O–H groups in total. The number of hydrogen-bond donors (Lipinski definition) is 2. The van der Waals surface area contributed by atoms with E-state index in [2.05, 4.69) is 15.0 Å². The lowest BCUT2D eigenvalue weighted by atomic mass is 10.1. The van der Waals surface area contributed by atoms with Crippen molar-refractivity contribution in [2.75, 3.05) is 0 Å². The largest absolute Gasteiger partial charge is 0.478 e. The number of benzene rings is 1. The molecule has 1 aromatic carbocycles. The normalized spacial score (nSPS) is 10.7. The predicted molar refractivity (Wildman–Crippen MR) is 70.7 cm³/mol. The molecule has 1 aromatic heterocycles. The first kappa shape index (κ1) is 14.4. The Labute approximate surface area is 118 Å². The van der Waals surface area contributed by atoms with Crippen molar-refractivity contribution >= 4 is 18.0 Å². The summed E-state index contributed by atoms with van der Waals surface area (Å²) in [7, 11) is 0. The van der Waals surface area contributed by atoms with E-state index in [1.165, 1.54) is 24.5 Å². The van der Waals surface area contributed by atoms with E-state index >= 15 is 0 Å². The molecule has 0 atom stereocenters. The third-order valence-corrected chi connectivity index (χ3v) is 2.58. The van der Waals surface area contributed by atoms with E-state index in [0.717, 1.165) is 12.1 Å². The highest BCUT2D eigenvalue weighted by Crippen LogP contribution is 2.12. The van der Waals surface area contributed by atoms with Crippen LogP contribution in [-0.2, 0) is 11.3 Å². The molecule has 0 fully saturated rings. The SMILES string of the molecule is O=C(O)/C=C/c1ccc(C(=O)NCc2ccon2)c(F)c1. The molecule has 0 unspecified atom stereocenters. The van der Waals surface area contributed by atoms with Crippen LogP contribution in [0.5, 0.6) is 0 Å². The van der Waals surface area contributed by atoms with E-state index in [0.29, 0.717) is 11.3 Å². The summed E-state index contributed by atoms with van der Waals surface area (Å²) in [6.45, 7) is 0.120. The van der Waals surface area contributed by atoms with E-state index in [4.69, 9.17) is 5.11 Å². The number of carboxylic acid groups (broad SMARTS) is 1. The maximum Gasteiger partial charge on any atom is 0.328 e. The number of carbonyl (C=O) groups excluding carboxylic acids is 1. The highest BCUT2D eigenvalue weighted by atomic mass is 19.1. The number of nitrogens with zero attached hydrogens (tertiary/aromatic N) is 1. The minimum Gasteiger partial charge on any atom is -0.478 e. The molecule has 0 aliphatic heterocycles. The average molecular weight is 290 g/mol. The fourth-order valence-corrected chi connectivity index (χ4v) is 1.58. The molecule has 108 valence electrons. The Bertz CT molecular complexity index is 680. The van der Waals surface area contributed by atoms with Gasteiger partial charge in [0.2, 0.25) is 0 Å². The number of amides is 1. The van der Waals surface area contributed by atoms with Gasteiger partial charge in [-0.3, -0.25) is 4.79 Å². The molecule has 0 bridgehead atoms. The Kier molecular flexibility index (Phi) is 4.45. The fourth-order valence-electron chi connectivity index (χ4n) is 1.58. The van der Waals surface area contributed by atoms with E-state index in [1.54, 1.807) is 6.07 Å². The second kappa shape index (κ2) is 6.47. The number of carbonyl (C=O) groups is 2. The number of rotatable bonds is 5. The molecule has 1 amide bonds. The molecule has 0 saturated heterocycles.